The number of hydrogen-bond donors (Lipinski definition) is 0. The van der Waals surface area contributed by atoms with Crippen LogP contribution in [0.4, 0.5) is 0 Å². The standard InChI is InChI=1S/C16H22Br2O2/c1-4-20-12-6-11(7-12)8-15(18)13-9-14(17)10(2)5-16(13)19-3/h5,9,11-12,15H,4,6-8H2,1-3H3. The van der Waals surface area contributed by atoms with E-state index in [2.05, 4.69) is 57.8 Å². The van der Waals surface area contributed by atoms with Crippen molar-refractivity contribution in [3.63, 3.8) is 0 Å². The average Bonchev–Trinajstić information content (AvgIpc) is 2.38. The lowest BCUT2D eigenvalue weighted by molar-refractivity contribution is -0.0264. The van der Waals surface area contributed by atoms with Crippen LogP contribution in [0.5, 0.6) is 5.75 Å². The molecule has 0 heterocycles. The number of methoxy groups -OCH3 is 1. The Morgan fingerprint density at radius 1 is 1.35 bits per heavy atom. The van der Waals surface area contributed by atoms with Gasteiger partial charge < -0.3 is 9.47 Å². The van der Waals surface area contributed by atoms with Gasteiger partial charge in [0.1, 0.15) is 5.75 Å². The van der Waals surface area contributed by atoms with Gasteiger partial charge in [0.25, 0.3) is 0 Å². The second-order valence-electron chi connectivity index (χ2n) is 5.46. The zero-order chi connectivity index (χ0) is 14.7. The van der Waals surface area contributed by atoms with Crippen molar-refractivity contribution in [2.24, 2.45) is 5.92 Å². The minimum absolute atomic E-state index is 0.335. The van der Waals surface area contributed by atoms with Gasteiger partial charge in [-0.25, -0.2) is 0 Å². The molecule has 20 heavy (non-hydrogen) atoms. The minimum atomic E-state index is 0.335. The van der Waals surface area contributed by atoms with E-state index in [1.165, 1.54) is 24.0 Å². The molecule has 0 radical (unpaired) electrons. The minimum Gasteiger partial charge on any atom is -0.496 e. The van der Waals surface area contributed by atoms with Crippen molar-refractivity contribution in [3.05, 3.63) is 27.7 Å². The SMILES string of the molecule is CCOC1CC(CC(Br)c2cc(Br)c(C)cc2OC)C1. The molecule has 1 fully saturated rings. The Morgan fingerprint density at radius 3 is 2.65 bits per heavy atom. The molecule has 1 aliphatic rings. The number of rotatable bonds is 6. The van der Waals surface area contributed by atoms with Gasteiger partial charge in [-0.2, -0.15) is 0 Å². The molecule has 0 N–H and O–H groups in total. The zero-order valence-electron chi connectivity index (χ0n) is 12.3. The summed E-state index contributed by atoms with van der Waals surface area (Å²) >= 11 is 7.44. The first-order chi connectivity index (χ1) is 9.55. The molecule has 2 nitrogen and oxygen atoms in total. The number of halogens is 2. The summed E-state index contributed by atoms with van der Waals surface area (Å²) in [7, 11) is 1.74. The van der Waals surface area contributed by atoms with Crippen molar-refractivity contribution < 1.29 is 9.47 Å². The summed E-state index contributed by atoms with van der Waals surface area (Å²) < 4.78 is 12.3. The van der Waals surface area contributed by atoms with Crippen molar-refractivity contribution in [2.45, 2.75) is 44.0 Å². The fourth-order valence-electron chi connectivity index (χ4n) is 2.75. The molecule has 1 aromatic carbocycles. The lowest BCUT2D eigenvalue weighted by atomic mass is 9.78. The van der Waals surface area contributed by atoms with Gasteiger partial charge in [0.05, 0.1) is 13.2 Å². The molecule has 112 valence electrons. The van der Waals surface area contributed by atoms with E-state index in [0.717, 1.165) is 29.2 Å². The van der Waals surface area contributed by atoms with Crippen LogP contribution in [0, 0.1) is 12.8 Å². The van der Waals surface area contributed by atoms with Crippen molar-refractivity contribution in [3.8, 4) is 5.75 Å². The zero-order valence-corrected chi connectivity index (χ0v) is 15.5. The maximum absolute atomic E-state index is 5.63. The van der Waals surface area contributed by atoms with Crippen LogP contribution in [0.1, 0.15) is 42.1 Å². The number of aryl methyl sites for hydroxylation is 1. The summed E-state index contributed by atoms with van der Waals surface area (Å²) in [5.41, 5.74) is 2.43. The van der Waals surface area contributed by atoms with Crippen molar-refractivity contribution in [1.82, 2.24) is 0 Å². The molecule has 0 saturated heterocycles. The summed E-state index contributed by atoms with van der Waals surface area (Å²) in [5, 5.41) is 0. The molecule has 1 aromatic rings. The molecule has 1 atom stereocenters. The van der Waals surface area contributed by atoms with E-state index in [1.807, 2.05) is 0 Å². The molecule has 0 spiro atoms. The Balaban J connectivity index is 1.99. The van der Waals surface area contributed by atoms with E-state index >= 15 is 0 Å². The largest absolute Gasteiger partial charge is 0.496 e. The quantitative estimate of drug-likeness (QED) is 0.589. The van der Waals surface area contributed by atoms with Crippen LogP contribution in [0.25, 0.3) is 0 Å². The first kappa shape index (κ1) is 16.3. The van der Waals surface area contributed by atoms with Gasteiger partial charge in [-0.1, -0.05) is 31.9 Å². The Bertz CT molecular complexity index is 456. The monoisotopic (exact) mass is 404 g/mol. The maximum Gasteiger partial charge on any atom is 0.123 e. The van der Waals surface area contributed by atoms with Gasteiger partial charge in [0, 0.05) is 21.5 Å². The number of hydrogen-bond acceptors (Lipinski definition) is 2. The summed E-state index contributed by atoms with van der Waals surface area (Å²) in [4.78, 5) is 0.335. The number of alkyl halides is 1. The van der Waals surface area contributed by atoms with Gasteiger partial charge >= 0.3 is 0 Å². The topological polar surface area (TPSA) is 18.5 Å². The van der Waals surface area contributed by atoms with Gasteiger partial charge in [0.15, 0.2) is 0 Å². The molecule has 0 aliphatic heterocycles. The van der Waals surface area contributed by atoms with Crippen molar-refractivity contribution in [1.29, 1.82) is 0 Å². The fourth-order valence-corrected chi connectivity index (χ4v) is 4.00. The molecule has 0 aromatic heterocycles. The second-order valence-corrected chi connectivity index (χ2v) is 7.42. The third-order valence-electron chi connectivity index (χ3n) is 3.98. The normalized spacial score (nSPS) is 23.2. The highest BCUT2D eigenvalue weighted by atomic mass is 79.9. The summed E-state index contributed by atoms with van der Waals surface area (Å²) in [6, 6.07) is 4.27. The average molecular weight is 406 g/mol. The molecular formula is C16H22Br2O2. The predicted molar refractivity (Wildman–Crippen MR) is 89.9 cm³/mol. The molecule has 4 heteroatoms. The lowest BCUT2D eigenvalue weighted by Crippen LogP contribution is -2.31. The van der Waals surface area contributed by atoms with Crippen LogP contribution in [-0.4, -0.2) is 19.8 Å². The van der Waals surface area contributed by atoms with Crippen LogP contribution < -0.4 is 4.74 Å². The number of benzene rings is 1. The predicted octanol–water partition coefficient (Wildman–Crippen LogP) is 5.41. The van der Waals surface area contributed by atoms with Gasteiger partial charge in [-0.15, -0.1) is 0 Å². The van der Waals surface area contributed by atoms with E-state index in [9.17, 15) is 0 Å². The van der Waals surface area contributed by atoms with Crippen molar-refractivity contribution in [2.75, 3.05) is 13.7 Å². The molecule has 1 aliphatic carbocycles. The first-order valence-corrected chi connectivity index (χ1v) is 8.85. The Labute approximate surface area is 138 Å². The van der Waals surface area contributed by atoms with Crippen LogP contribution in [0.2, 0.25) is 0 Å². The molecule has 1 saturated carbocycles. The highest BCUT2D eigenvalue weighted by Crippen LogP contribution is 2.43. The van der Waals surface area contributed by atoms with E-state index < -0.39 is 0 Å². The fraction of sp³-hybridized carbons (Fsp3) is 0.625. The van der Waals surface area contributed by atoms with Crippen LogP contribution >= 0.6 is 31.9 Å². The molecular weight excluding hydrogens is 384 g/mol. The van der Waals surface area contributed by atoms with E-state index in [-0.39, 0.29) is 0 Å². The molecule has 0 bridgehead atoms. The second kappa shape index (κ2) is 7.28. The van der Waals surface area contributed by atoms with Gasteiger partial charge in [-0.3, -0.25) is 0 Å². The number of ether oxygens (including phenoxy) is 2. The van der Waals surface area contributed by atoms with Gasteiger partial charge in [-0.05, 0) is 56.7 Å². The summed E-state index contributed by atoms with van der Waals surface area (Å²) in [6.07, 6.45) is 3.99. The Hall–Kier alpha value is -0.0600. The maximum atomic E-state index is 5.63. The molecule has 2 rings (SSSR count). The highest BCUT2D eigenvalue weighted by molar-refractivity contribution is 9.10. The molecule has 0 amide bonds. The van der Waals surface area contributed by atoms with Crippen molar-refractivity contribution >= 4 is 31.9 Å². The van der Waals surface area contributed by atoms with Crippen LogP contribution in [0.15, 0.2) is 16.6 Å². The van der Waals surface area contributed by atoms with E-state index in [1.54, 1.807) is 7.11 Å². The summed E-state index contributed by atoms with van der Waals surface area (Å²) in [6.45, 7) is 4.97. The van der Waals surface area contributed by atoms with Crippen LogP contribution in [0.3, 0.4) is 0 Å². The van der Waals surface area contributed by atoms with Gasteiger partial charge in [0.2, 0.25) is 0 Å². The molecule has 1 unspecified atom stereocenters. The summed E-state index contributed by atoms with van der Waals surface area (Å²) in [5.74, 6) is 1.72. The Kier molecular flexibility index (Phi) is 5.94. The van der Waals surface area contributed by atoms with E-state index in [4.69, 9.17) is 9.47 Å². The third kappa shape index (κ3) is 3.77. The smallest absolute Gasteiger partial charge is 0.123 e. The first-order valence-electron chi connectivity index (χ1n) is 7.14. The highest BCUT2D eigenvalue weighted by Gasteiger charge is 2.31. The van der Waals surface area contributed by atoms with Crippen LogP contribution in [-0.2, 0) is 4.74 Å². The third-order valence-corrected chi connectivity index (χ3v) is 5.70. The lowest BCUT2D eigenvalue weighted by Gasteiger charge is -2.36. The Morgan fingerprint density at radius 2 is 2.05 bits per heavy atom. The van der Waals surface area contributed by atoms with E-state index in [0.29, 0.717) is 10.9 Å².